The molecule has 2 fully saturated rings. The molecule has 5 nitrogen and oxygen atoms in total. The third-order valence-electron chi connectivity index (χ3n) is 5.06. The van der Waals surface area contributed by atoms with Gasteiger partial charge in [-0.15, -0.1) is 0 Å². The van der Waals surface area contributed by atoms with E-state index in [0.29, 0.717) is 12.6 Å². The highest BCUT2D eigenvalue weighted by atomic mass is 16.2. The van der Waals surface area contributed by atoms with E-state index in [1.54, 1.807) is 0 Å². The van der Waals surface area contributed by atoms with Crippen LogP contribution in [0.15, 0.2) is 0 Å². The summed E-state index contributed by atoms with van der Waals surface area (Å²) >= 11 is 0. The van der Waals surface area contributed by atoms with E-state index in [4.69, 9.17) is 5.73 Å². The van der Waals surface area contributed by atoms with Crippen LogP contribution in [0.4, 0.5) is 0 Å². The number of amides is 1. The lowest BCUT2D eigenvalue weighted by Gasteiger charge is -2.40. The van der Waals surface area contributed by atoms with E-state index < -0.39 is 0 Å². The Morgan fingerprint density at radius 2 is 1.95 bits per heavy atom. The molecule has 0 aliphatic carbocycles. The van der Waals surface area contributed by atoms with E-state index in [-0.39, 0.29) is 11.9 Å². The summed E-state index contributed by atoms with van der Waals surface area (Å²) in [4.78, 5) is 16.3. The maximum Gasteiger partial charge on any atom is 0.240 e. The minimum absolute atomic E-state index is 0.126. The van der Waals surface area contributed by atoms with Gasteiger partial charge in [-0.1, -0.05) is 0 Å². The first-order valence-corrected chi connectivity index (χ1v) is 8.40. The Bertz CT molecular complexity index is 339. The van der Waals surface area contributed by atoms with Crippen molar-refractivity contribution in [2.24, 2.45) is 17.6 Å². The van der Waals surface area contributed by atoms with Crippen LogP contribution in [0.3, 0.4) is 0 Å². The molecule has 0 saturated carbocycles. The number of hydrogen-bond donors (Lipinski definition) is 2. The van der Waals surface area contributed by atoms with Crippen molar-refractivity contribution >= 4 is 5.91 Å². The number of carbonyl (C=O) groups is 1. The standard InChI is InChI=1S/C16H32N4O/c1-12-10-14(4-7-18-12)13-5-8-20(9-6-13)16(21)15(17)11-19(2)3/h12-15,18H,4-11,17H2,1-3H3/t12?,14?,15-/m1/s1. The summed E-state index contributed by atoms with van der Waals surface area (Å²) in [7, 11) is 3.91. The molecule has 0 aromatic carbocycles. The molecule has 2 aliphatic rings. The zero-order valence-corrected chi connectivity index (χ0v) is 13.8. The molecule has 1 amide bonds. The maximum atomic E-state index is 12.3. The molecule has 0 spiro atoms. The summed E-state index contributed by atoms with van der Waals surface area (Å²) in [5.74, 6) is 1.76. The summed E-state index contributed by atoms with van der Waals surface area (Å²) < 4.78 is 0. The van der Waals surface area contributed by atoms with Crippen molar-refractivity contribution in [3.8, 4) is 0 Å². The van der Waals surface area contributed by atoms with Gasteiger partial charge in [0.15, 0.2) is 0 Å². The van der Waals surface area contributed by atoms with Crippen molar-refractivity contribution < 1.29 is 4.79 Å². The van der Waals surface area contributed by atoms with Crippen molar-refractivity contribution in [1.82, 2.24) is 15.1 Å². The van der Waals surface area contributed by atoms with E-state index in [1.807, 2.05) is 23.9 Å². The lowest BCUT2D eigenvalue weighted by Crippen LogP contribution is -2.51. The number of nitrogens with zero attached hydrogens (tertiary/aromatic N) is 2. The largest absolute Gasteiger partial charge is 0.341 e. The number of likely N-dealkylation sites (N-methyl/N-ethyl adjacent to an activating group) is 1. The van der Waals surface area contributed by atoms with Crippen molar-refractivity contribution in [2.45, 2.75) is 44.7 Å². The number of carbonyl (C=O) groups excluding carboxylic acids is 1. The highest BCUT2D eigenvalue weighted by molar-refractivity contribution is 5.82. The van der Waals surface area contributed by atoms with Crippen LogP contribution < -0.4 is 11.1 Å². The van der Waals surface area contributed by atoms with Gasteiger partial charge < -0.3 is 20.9 Å². The van der Waals surface area contributed by atoms with Crippen molar-refractivity contribution in [3.05, 3.63) is 0 Å². The topological polar surface area (TPSA) is 61.6 Å². The fourth-order valence-corrected chi connectivity index (χ4v) is 3.90. The van der Waals surface area contributed by atoms with Crippen molar-refractivity contribution in [2.75, 3.05) is 40.3 Å². The number of piperidine rings is 2. The Labute approximate surface area is 129 Å². The molecule has 2 rings (SSSR count). The maximum absolute atomic E-state index is 12.3. The highest BCUT2D eigenvalue weighted by Gasteiger charge is 2.32. The molecule has 122 valence electrons. The van der Waals surface area contributed by atoms with Gasteiger partial charge in [0.1, 0.15) is 0 Å². The average Bonchev–Trinajstić information content (AvgIpc) is 2.46. The van der Waals surface area contributed by atoms with Gasteiger partial charge in [0.25, 0.3) is 0 Å². The fraction of sp³-hybridized carbons (Fsp3) is 0.938. The van der Waals surface area contributed by atoms with E-state index in [9.17, 15) is 4.79 Å². The SMILES string of the molecule is CC1CC(C2CCN(C(=O)[C@H](N)CN(C)C)CC2)CCN1. The zero-order chi connectivity index (χ0) is 15.4. The molecular weight excluding hydrogens is 264 g/mol. The lowest BCUT2D eigenvalue weighted by molar-refractivity contribution is -0.134. The summed E-state index contributed by atoms with van der Waals surface area (Å²) in [6.07, 6.45) is 4.89. The van der Waals surface area contributed by atoms with Gasteiger partial charge >= 0.3 is 0 Å². The van der Waals surface area contributed by atoms with Crippen LogP contribution in [0.1, 0.15) is 32.6 Å². The number of rotatable bonds is 4. The Balaban J connectivity index is 1.78. The monoisotopic (exact) mass is 296 g/mol. The summed E-state index contributed by atoms with van der Waals surface area (Å²) in [6, 6.07) is 0.271. The van der Waals surface area contributed by atoms with Crippen molar-refractivity contribution in [3.63, 3.8) is 0 Å². The van der Waals surface area contributed by atoms with Crippen LogP contribution in [0, 0.1) is 11.8 Å². The fourth-order valence-electron chi connectivity index (χ4n) is 3.90. The number of nitrogens with two attached hydrogens (primary N) is 1. The first-order chi connectivity index (χ1) is 9.97. The van der Waals surface area contributed by atoms with Crippen molar-refractivity contribution in [1.29, 1.82) is 0 Å². The minimum Gasteiger partial charge on any atom is -0.341 e. The Hall–Kier alpha value is -0.650. The van der Waals surface area contributed by atoms with E-state index in [2.05, 4.69) is 12.2 Å². The molecular formula is C16H32N4O. The van der Waals surface area contributed by atoms with Gasteiger partial charge in [-0.2, -0.15) is 0 Å². The minimum atomic E-state index is -0.379. The second kappa shape index (κ2) is 7.56. The molecule has 2 aliphatic heterocycles. The smallest absolute Gasteiger partial charge is 0.240 e. The molecule has 0 aromatic rings. The molecule has 0 bridgehead atoms. The van der Waals surface area contributed by atoms with E-state index in [0.717, 1.165) is 44.3 Å². The van der Waals surface area contributed by atoms with Gasteiger partial charge in [0, 0.05) is 25.7 Å². The summed E-state index contributed by atoms with van der Waals surface area (Å²) in [6.45, 7) is 5.85. The molecule has 21 heavy (non-hydrogen) atoms. The normalized spacial score (nSPS) is 29.7. The van der Waals surface area contributed by atoms with Crippen LogP contribution in [0.25, 0.3) is 0 Å². The molecule has 0 aromatic heterocycles. The predicted molar refractivity (Wildman–Crippen MR) is 86.0 cm³/mol. The van der Waals surface area contributed by atoms with Gasteiger partial charge in [0.05, 0.1) is 6.04 Å². The number of nitrogens with one attached hydrogen (secondary N) is 1. The van der Waals surface area contributed by atoms with Gasteiger partial charge in [-0.25, -0.2) is 0 Å². The highest BCUT2D eigenvalue weighted by Crippen LogP contribution is 2.32. The molecule has 2 unspecified atom stereocenters. The third kappa shape index (κ3) is 4.66. The van der Waals surface area contributed by atoms with Crippen LogP contribution in [0.5, 0.6) is 0 Å². The van der Waals surface area contributed by atoms with Gasteiger partial charge in [-0.3, -0.25) is 4.79 Å². The lowest BCUT2D eigenvalue weighted by atomic mass is 9.77. The van der Waals surface area contributed by atoms with Crippen LogP contribution in [-0.2, 0) is 4.79 Å². The van der Waals surface area contributed by atoms with Crippen LogP contribution >= 0.6 is 0 Å². The van der Waals surface area contributed by atoms with Crippen LogP contribution in [-0.4, -0.2) is 68.1 Å². The zero-order valence-electron chi connectivity index (χ0n) is 13.8. The summed E-state index contributed by atoms with van der Waals surface area (Å²) in [5, 5.41) is 3.53. The second-order valence-corrected chi connectivity index (χ2v) is 7.17. The van der Waals surface area contributed by atoms with Gasteiger partial charge in [0.2, 0.25) is 5.91 Å². The first-order valence-electron chi connectivity index (χ1n) is 8.40. The van der Waals surface area contributed by atoms with E-state index in [1.165, 1.54) is 12.8 Å². The molecule has 2 heterocycles. The molecule has 5 heteroatoms. The Morgan fingerprint density at radius 1 is 1.29 bits per heavy atom. The molecule has 0 radical (unpaired) electrons. The Kier molecular flexibility index (Phi) is 6.02. The molecule has 2 saturated heterocycles. The second-order valence-electron chi connectivity index (χ2n) is 7.17. The number of hydrogen-bond acceptors (Lipinski definition) is 4. The Morgan fingerprint density at radius 3 is 2.52 bits per heavy atom. The quantitative estimate of drug-likeness (QED) is 0.793. The molecule has 3 atom stereocenters. The number of likely N-dealkylation sites (tertiary alicyclic amines) is 1. The van der Waals surface area contributed by atoms with Crippen LogP contribution in [0.2, 0.25) is 0 Å². The summed E-state index contributed by atoms with van der Waals surface area (Å²) in [5.41, 5.74) is 6.00. The predicted octanol–water partition coefficient (Wildman–Crippen LogP) is 0.502. The average molecular weight is 296 g/mol. The molecule has 3 N–H and O–H groups in total. The third-order valence-corrected chi connectivity index (χ3v) is 5.06. The van der Waals surface area contributed by atoms with E-state index >= 15 is 0 Å². The van der Waals surface area contributed by atoms with Gasteiger partial charge in [-0.05, 0) is 65.1 Å². The first kappa shape index (κ1) is 16.7.